The number of carboxylic acid groups (broad SMARTS) is 1. The highest BCUT2D eigenvalue weighted by atomic mass is 35.5. The topological polar surface area (TPSA) is 63.3 Å². The maximum Gasteiger partial charge on any atom is 0.335 e. The molecule has 0 spiro atoms. The fraction of sp³-hybridized carbons (Fsp3) is 0. The lowest BCUT2D eigenvalue weighted by atomic mass is 10.1. The first-order valence-corrected chi connectivity index (χ1v) is 6.58. The summed E-state index contributed by atoms with van der Waals surface area (Å²) in [6, 6.07) is 15.5. The Kier molecular flexibility index (Phi) is 3.46. The van der Waals surface area contributed by atoms with Crippen LogP contribution in [0.5, 0.6) is 0 Å². The predicted octanol–water partition coefficient (Wildman–Crippen LogP) is 4.36. The van der Waals surface area contributed by atoms with Crippen LogP contribution in [0.4, 0.5) is 0 Å². The Morgan fingerprint density at radius 2 is 1.62 bits per heavy atom. The number of rotatable bonds is 3. The SMILES string of the molecule is O=C(O)c1ccc(-c2cc(-c3ccc(Cl)cc3)no2)cc1. The number of aromatic nitrogens is 1. The fourth-order valence-electron chi connectivity index (χ4n) is 1.95. The molecule has 0 unspecified atom stereocenters. The van der Waals surface area contributed by atoms with Gasteiger partial charge in [-0.3, -0.25) is 0 Å². The molecular weight excluding hydrogens is 290 g/mol. The van der Waals surface area contributed by atoms with Crippen LogP contribution in [0.3, 0.4) is 0 Å². The minimum absolute atomic E-state index is 0.233. The second-order valence-corrected chi connectivity index (χ2v) is 4.90. The lowest BCUT2D eigenvalue weighted by Crippen LogP contribution is -1.94. The number of hydrogen-bond donors (Lipinski definition) is 1. The summed E-state index contributed by atoms with van der Waals surface area (Å²) in [5, 5.41) is 13.5. The molecule has 0 fully saturated rings. The molecule has 3 rings (SSSR count). The summed E-state index contributed by atoms with van der Waals surface area (Å²) in [7, 11) is 0. The van der Waals surface area contributed by atoms with Crippen molar-refractivity contribution in [1.82, 2.24) is 5.16 Å². The summed E-state index contributed by atoms with van der Waals surface area (Å²) in [5.74, 6) is -0.377. The normalized spacial score (nSPS) is 10.5. The van der Waals surface area contributed by atoms with Crippen molar-refractivity contribution in [2.45, 2.75) is 0 Å². The number of carbonyl (C=O) groups is 1. The Morgan fingerprint density at radius 3 is 2.24 bits per heavy atom. The van der Waals surface area contributed by atoms with Gasteiger partial charge in [-0.1, -0.05) is 41.0 Å². The second kappa shape index (κ2) is 5.42. The van der Waals surface area contributed by atoms with Gasteiger partial charge in [0.15, 0.2) is 5.76 Å². The van der Waals surface area contributed by atoms with Crippen LogP contribution >= 0.6 is 11.6 Å². The van der Waals surface area contributed by atoms with Gasteiger partial charge in [0.2, 0.25) is 0 Å². The predicted molar refractivity (Wildman–Crippen MR) is 79.3 cm³/mol. The number of carboxylic acids is 1. The Hall–Kier alpha value is -2.59. The Bertz CT molecular complexity index is 776. The maximum atomic E-state index is 10.8. The van der Waals surface area contributed by atoms with Gasteiger partial charge in [-0.05, 0) is 24.3 Å². The van der Waals surface area contributed by atoms with E-state index in [0.717, 1.165) is 11.1 Å². The van der Waals surface area contributed by atoms with E-state index < -0.39 is 5.97 Å². The first-order valence-electron chi connectivity index (χ1n) is 6.20. The van der Waals surface area contributed by atoms with Crippen molar-refractivity contribution in [1.29, 1.82) is 0 Å². The van der Waals surface area contributed by atoms with E-state index in [9.17, 15) is 4.79 Å². The first-order chi connectivity index (χ1) is 10.1. The van der Waals surface area contributed by atoms with E-state index in [1.54, 1.807) is 30.3 Å². The summed E-state index contributed by atoms with van der Waals surface area (Å²) in [4.78, 5) is 10.8. The van der Waals surface area contributed by atoms with Crippen molar-refractivity contribution in [3.63, 3.8) is 0 Å². The number of nitrogens with zero attached hydrogens (tertiary/aromatic N) is 1. The molecule has 0 saturated heterocycles. The molecule has 1 N–H and O–H groups in total. The molecular formula is C16H10ClNO3. The van der Waals surface area contributed by atoms with Gasteiger partial charge >= 0.3 is 5.97 Å². The molecule has 1 aromatic heterocycles. The molecule has 0 aliphatic carbocycles. The maximum absolute atomic E-state index is 10.8. The lowest BCUT2D eigenvalue weighted by Gasteiger charge is -1.96. The third-order valence-corrected chi connectivity index (χ3v) is 3.32. The highest BCUT2D eigenvalue weighted by Gasteiger charge is 2.09. The van der Waals surface area contributed by atoms with Crippen molar-refractivity contribution in [2.75, 3.05) is 0 Å². The van der Waals surface area contributed by atoms with E-state index in [-0.39, 0.29) is 5.56 Å². The number of benzene rings is 2. The van der Waals surface area contributed by atoms with E-state index in [4.69, 9.17) is 21.2 Å². The van der Waals surface area contributed by atoms with Crippen LogP contribution in [0.2, 0.25) is 5.02 Å². The monoisotopic (exact) mass is 299 g/mol. The van der Waals surface area contributed by atoms with Gasteiger partial charge in [0, 0.05) is 22.2 Å². The van der Waals surface area contributed by atoms with Crippen molar-refractivity contribution >= 4 is 17.6 Å². The quantitative estimate of drug-likeness (QED) is 0.780. The van der Waals surface area contributed by atoms with Gasteiger partial charge in [0.1, 0.15) is 5.69 Å². The average molecular weight is 300 g/mol. The van der Waals surface area contributed by atoms with Gasteiger partial charge in [0.25, 0.3) is 0 Å². The molecule has 3 aromatic rings. The van der Waals surface area contributed by atoms with E-state index >= 15 is 0 Å². The van der Waals surface area contributed by atoms with Gasteiger partial charge in [-0.2, -0.15) is 0 Å². The molecule has 0 amide bonds. The molecule has 5 heteroatoms. The van der Waals surface area contributed by atoms with Gasteiger partial charge in [0.05, 0.1) is 5.56 Å². The molecule has 0 aliphatic rings. The molecule has 21 heavy (non-hydrogen) atoms. The third kappa shape index (κ3) is 2.80. The van der Waals surface area contributed by atoms with Crippen LogP contribution in [0, 0.1) is 0 Å². The van der Waals surface area contributed by atoms with Crippen molar-refractivity contribution in [3.8, 4) is 22.6 Å². The van der Waals surface area contributed by atoms with E-state index in [2.05, 4.69) is 5.16 Å². The van der Waals surface area contributed by atoms with E-state index in [1.165, 1.54) is 12.1 Å². The molecule has 104 valence electrons. The largest absolute Gasteiger partial charge is 0.478 e. The Morgan fingerprint density at radius 1 is 1.00 bits per heavy atom. The number of halogens is 1. The number of hydrogen-bond acceptors (Lipinski definition) is 3. The lowest BCUT2D eigenvalue weighted by molar-refractivity contribution is 0.0697. The third-order valence-electron chi connectivity index (χ3n) is 3.07. The molecule has 4 nitrogen and oxygen atoms in total. The summed E-state index contributed by atoms with van der Waals surface area (Å²) >= 11 is 5.85. The van der Waals surface area contributed by atoms with Gasteiger partial charge in [-0.25, -0.2) is 4.79 Å². The smallest absolute Gasteiger partial charge is 0.335 e. The molecule has 1 heterocycles. The molecule has 2 aromatic carbocycles. The van der Waals surface area contributed by atoms with Gasteiger partial charge < -0.3 is 9.63 Å². The molecule has 0 bridgehead atoms. The van der Waals surface area contributed by atoms with Crippen molar-refractivity contribution in [3.05, 3.63) is 65.2 Å². The minimum atomic E-state index is -0.957. The summed E-state index contributed by atoms with van der Waals surface area (Å²) < 4.78 is 5.31. The van der Waals surface area contributed by atoms with Crippen LogP contribution < -0.4 is 0 Å². The highest BCUT2D eigenvalue weighted by Crippen LogP contribution is 2.27. The molecule has 0 radical (unpaired) electrons. The second-order valence-electron chi connectivity index (χ2n) is 4.47. The van der Waals surface area contributed by atoms with Crippen LogP contribution in [0.25, 0.3) is 22.6 Å². The first kappa shape index (κ1) is 13.4. The zero-order chi connectivity index (χ0) is 14.8. The zero-order valence-corrected chi connectivity index (χ0v) is 11.5. The standard InChI is InChI=1S/C16H10ClNO3/c17-13-7-5-10(6-8-13)14-9-15(21-18-14)11-1-3-12(4-2-11)16(19)20/h1-9H,(H,19,20). The van der Waals surface area contributed by atoms with Gasteiger partial charge in [-0.15, -0.1) is 0 Å². The highest BCUT2D eigenvalue weighted by molar-refractivity contribution is 6.30. The Labute approximate surface area is 125 Å². The minimum Gasteiger partial charge on any atom is -0.478 e. The molecule has 0 atom stereocenters. The molecule has 0 saturated carbocycles. The fourth-order valence-corrected chi connectivity index (χ4v) is 2.07. The van der Waals surface area contributed by atoms with Crippen LogP contribution in [0.1, 0.15) is 10.4 Å². The van der Waals surface area contributed by atoms with E-state index in [0.29, 0.717) is 16.5 Å². The summed E-state index contributed by atoms with van der Waals surface area (Å²) in [6.07, 6.45) is 0. The average Bonchev–Trinajstić information content (AvgIpc) is 2.98. The van der Waals surface area contributed by atoms with Crippen LogP contribution in [-0.2, 0) is 0 Å². The summed E-state index contributed by atoms with van der Waals surface area (Å²) in [5.41, 5.74) is 2.60. The Balaban J connectivity index is 1.90. The van der Waals surface area contributed by atoms with Crippen LogP contribution in [-0.4, -0.2) is 16.2 Å². The van der Waals surface area contributed by atoms with Crippen LogP contribution in [0.15, 0.2) is 59.1 Å². The van der Waals surface area contributed by atoms with E-state index in [1.807, 2.05) is 12.1 Å². The summed E-state index contributed by atoms with van der Waals surface area (Å²) in [6.45, 7) is 0. The zero-order valence-electron chi connectivity index (χ0n) is 10.8. The van der Waals surface area contributed by atoms with Crippen molar-refractivity contribution < 1.29 is 14.4 Å². The molecule has 0 aliphatic heterocycles. The number of aromatic carboxylic acids is 1. The van der Waals surface area contributed by atoms with Crippen molar-refractivity contribution in [2.24, 2.45) is 0 Å².